The van der Waals surface area contributed by atoms with E-state index < -0.39 is 33.9 Å². The molecule has 1 saturated carbocycles. The second kappa shape index (κ2) is 12.9. The Kier molecular flexibility index (Phi) is 9.52. The molecule has 1 aliphatic carbocycles. The number of carbonyl (C=O) groups is 2. The highest BCUT2D eigenvalue weighted by Gasteiger charge is 2.38. The highest BCUT2D eigenvalue weighted by atomic mass is 32.2. The molecule has 2 aromatic rings. The average molecular weight is 570 g/mol. The van der Waals surface area contributed by atoms with Gasteiger partial charge >= 0.3 is 12.2 Å². The molecule has 3 atom stereocenters. The largest absolute Gasteiger partial charge is 0.445 e. The molecule has 1 aliphatic heterocycles. The number of rotatable bonds is 7. The van der Waals surface area contributed by atoms with Crippen molar-refractivity contribution in [1.29, 1.82) is 0 Å². The van der Waals surface area contributed by atoms with E-state index in [1.165, 1.54) is 4.31 Å². The zero-order valence-corrected chi connectivity index (χ0v) is 24.2. The van der Waals surface area contributed by atoms with Crippen molar-refractivity contribution in [1.82, 2.24) is 14.5 Å². The maximum absolute atomic E-state index is 13.6. The first-order chi connectivity index (χ1) is 19.0. The summed E-state index contributed by atoms with van der Waals surface area (Å²) in [7, 11) is -3.79. The van der Waals surface area contributed by atoms with Gasteiger partial charge in [-0.25, -0.2) is 18.0 Å². The fourth-order valence-corrected chi connectivity index (χ4v) is 6.64. The van der Waals surface area contributed by atoms with E-state index in [2.05, 4.69) is 5.32 Å². The van der Waals surface area contributed by atoms with Gasteiger partial charge in [0, 0.05) is 25.7 Å². The molecule has 1 saturated heterocycles. The van der Waals surface area contributed by atoms with Crippen LogP contribution in [-0.2, 0) is 26.1 Å². The fraction of sp³-hybridized carbons (Fsp3) is 0.467. The quantitative estimate of drug-likeness (QED) is 0.473. The lowest BCUT2D eigenvalue weighted by Crippen LogP contribution is -2.56. The Morgan fingerprint density at radius 3 is 2.33 bits per heavy atom. The summed E-state index contributed by atoms with van der Waals surface area (Å²) in [6, 6.07) is 17.1. The summed E-state index contributed by atoms with van der Waals surface area (Å²) in [5, 5.41) is 2.98. The van der Waals surface area contributed by atoms with Gasteiger partial charge in [-0.1, -0.05) is 67.1 Å². The molecule has 2 amide bonds. The predicted octanol–water partition coefficient (Wildman–Crippen LogP) is 4.95. The van der Waals surface area contributed by atoms with Crippen molar-refractivity contribution in [3.63, 3.8) is 0 Å². The van der Waals surface area contributed by atoms with Gasteiger partial charge in [-0.15, -0.1) is 0 Å². The molecule has 2 fully saturated rings. The summed E-state index contributed by atoms with van der Waals surface area (Å²) in [6.45, 7) is 6.13. The molecule has 0 radical (unpaired) electrons. The number of nitrogens with one attached hydrogen (secondary N) is 1. The van der Waals surface area contributed by atoms with E-state index in [1.54, 1.807) is 56.0 Å². The molecule has 9 nitrogen and oxygen atoms in total. The molecule has 10 heteroatoms. The lowest BCUT2D eigenvalue weighted by molar-refractivity contribution is 0.0158. The Balaban J connectivity index is 1.47. The summed E-state index contributed by atoms with van der Waals surface area (Å²) in [6.07, 6.45) is 5.48. The number of hydrogen-bond acceptors (Lipinski definition) is 6. The lowest BCUT2D eigenvalue weighted by Gasteiger charge is -2.39. The molecule has 0 spiro atoms. The van der Waals surface area contributed by atoms with Gasteiger partial charge in [0.25, 0.3) is 0 Å². The van der Waals surface area contributed by atoms with Crippen LogP contribution in [0.1, 0.15) is 45.6 Å². The standard InChI is InChI=1S/C30H39N3O6S/c1-30(2,3)39-29(35)32-19-20-33(40(36,37)26-14-8-5-9-15-26)25(21-32)18-17-24-13-10-16-27(24)31-28(34)38-22-23-11-6-4-7-12-23/h4-9,11-12,14-15,17-18,24-25,27H,10,13,16,19-22H2,1-3H3,(H,31,34)/t24-,25+,27+/m1/s1. The van der Waals surface area contributed by atoms with Gasteiger partial charge < -0.3 is 19.7 Å². The molecule has 0 aromatic heterocycles. The summed E-state index contributed by atoms with van der Waals surface area (Å²) in [4.78, 5) is 27.1. The Morgan fingerprint density at radius 2 is 1.65 bits per heavy atom. The maximum atomic E-state index is 13.6. The third-order valence-electron chi connectivity index (χ3n) is 7.04. The SMILES string of the molecule is CC(C)(C)OC(=O)N1CCN(S(=O)(=O)c2ccccc2)[C@@H](C=C[C@H]2CCC[C@@H]2NC(=O)OCc2ccccc2)C1. The van der Waals surface area contributed by atoms with Crippen molar-refractivity contribution in [2.45, 2.75) is 69.2 Å². The number of ether oxygens (including phenoxy) is 2. The minimum absolute atomic E-state index is 0.0162. The topological polar surface area (TPSA) is 105 Å². The van der Waals surface area contributed by atoms with Gasteiger partial charge in [-0.3, -0.25) is 0 Å². The molecule has 2 aliphatic rings. The van der Waals surface area contributed by atoms with Crippen LogP contribution in [0.4, 0.5) is 9.59 Å². The minimum atomic E-state index is -3.79. The zero-order chi connectivity index (χ0) is 28.8. The van der Waals surface area contributed by atoms with Gasteiger partial charge in [-0.2, -0.15) is 4.31 Å². The Morgan fingerprint density at radius 1 is 0.975 bits per heavy atom. The molecular formula is C30H39N3O6S. The Hall–Kier alpha value is -3.37. The first kappa shape index (κ1) is 29.6. The second-order valence-electron chi connectivity index (χ2n) is 11.2. The van der Waals surface area contributed by atoms with E-state index in [4.69, 9.17) is 9.47 Å². The highest BCUT2D eigenvalue weighted by molar-refractivity contribution is 7.89. The Labute approximate surface area is 237 Å². The first-order valence-corrected chi connectivity index (χ1v) is 15.2. The van der Waals surface area contributed by atoms with Gasteiger partial charge in [0.05, 0.1) is 10.9 Å². The van der Waals surface area contributed by atoms with Crippen molar-refractivity contribution in [3.05, 3.63) is 78.4 Å². The molecule has 2 aromatic carbocycles. The monoisotopic (exact) mass is 569 g/mol. The first-order valence-electron chi connectivity index (χ1n) is 13.7. The van der Waals surface area contributed by atoms with Crippen LogP contribution in [0.2, 0.25) is 0 Å². The highest BCUT2D eigenvalue weighted by Crippen LogP contribution is 2.29. The van der Waals surface area contributed by atoms with E-state index >= 15 is 0 Å². The van der Waals surface area contributed by atoms with Crippen LogP contribution < -0.4 is 5.32 Å². The van der Waals surface area contributed by atoms with Crippen molar-refractivity contribution < 1.29 is 27.5 Å². The fourth-order valence-electron chi connectivity index (χ4n) is 5.05. The number of benzene rings is 2. The smallest absolute Gasteiger partial charge is 0.410 e. The summed E-state index contributed by atoms with van der Waals surface area (Å²) >= 11 is 0. The van der Waals surface area contributed by atoms with Gasteiger partial charge in [-0.05, 0) is 57.2 Å². The number of hydrogen-bond donors (Lipinski definition) is 1. The number of alkyl carbamates (subject to hydrolysis) is 1. The van der Waals surface area contributed by atoms with Crippen LogP contribution in [0.15, 0.2) is 77.7 Å². The third kappa shape index (κ3) is 7.85. The normalized spacial score (nSPS) is 22.3. The number of nitrogens with zero attached hydrogens (tertiary/aromatic N) is 2. The zero-order valence-electron chi connectivity index (χ0n) is 23.4. The van der Waals surface area contributed by atoms with Crippen molar-refractivity contribution in [2.24, 2.45) is 5.92 Å². The Bertz CT molecular complexity index is 1280. The molecule has 0 bridgehead atoms. The number of carbonyl (C=O) groups excluding carboxylic acids is 2. The molecule has 216 valence electrons. The molecule has 4 rings (SSSR count). The van der Waals surface area contributed by atoms with Crippen LogP contribution >= 0.6 is 0 Å². The van der Waals surface area contributed by atoms with Crippen molar-refractivity contribution >= 4 is 22.2 Å². The number of sulfonamides is 1. The van der Waals surface area contributed by atoms with E-state index in [1.807, 2.05) is 42.5 Å². The summed E-state index contributed by atoms with van der Waals surface area (Å²) in [5.41, 5.74) is 0.250. The molecule has 1 heterocycles. The molecule has 0 unspecified atom stereocenters. The van der Waals surface area contributed by atoms with Crippen molar-refractivity contribution in [3.8, 4) is 0 Å². The number of amides is 2. The average Bonchev–Trinajstić information content (AvgIpc) is 3.37. The van der Waals surface area contributed by atoms with Crippen LogP contribution in [0.25, 0.3) is 0 Å². The van der Waals surface area contributed by atoms with E-state index in [-0.39, 0.29) is 43.1 Å². The van der Waals surface area contributed by atoms with Crippen LogP contribution in [0, 0.1) is 5.92 Å². The maximum Gasteiger partial charge on any atom is 0.410 e. The van der Waals surface area contributed by atoms with Crippen LogP contribution in [0.3, 0.4) is 0 Å². The van der Waals surface area contributed by atoms with Gasteiger partial charge in [0.15, 0.2) is 0 Å². The van der Waals surface area contributed by atoms with E-state index in [0.717, 1.165) is 24.8 Å². The van der Waals surface area contributed by atoms with Crippen LogP contribution in [-0.4, -0.2) is 67.1 Å². The molecule has 40 heavy (non-hydrogen) atoms. The van der Waals surface area contributed by atoms with Gasteiger partial charge in [0.2, 0.25) is 10.0 Å². The molecule has 1 N–H and O–H groups in total. The summed E-state index contributed by atoms with van der Waals surface area (Å²) in [5.74, 6) is 0.0162. The molecular weight excluding hydrogens is 530 g/mol. The number of piperazine rings is 1. The van der Waals surface area contributed by atoms with E-state index in [0.29, 0.717) is 0 Å². The third-order valence-corrected chi connectivity index (χ3v) is 8.97. The summed E-state index contributed by atoms with van der Waals surface area (Å²) < 4.78 is 39.6. The van der Waals surface area contributed by atoms with Gasteiger partial charge in [0.1, 0.15) is 12.2 Å². The lowest BCUT2D eigenvalue weighted by atomic mass is 10.0. The predicted molar refractivity (Wildman–Crippen MR) is 152 cm³/mol. The second-order valence-corrected chi connectivity index (χ2v) is 13.1. The van der Waals surface area contributed by atoms with Crippen LogP contribution in [0.5, 0.6) is 0 Å². The van der Waals surface area contributed by atoms with Crippen molar-refractivity contribution in [2.75, 3.05) is 19.6 Å². The minimum Gasteiger partial charge on any atom is -0.445 e. The van der Waals surface area contributed by atoms with E-state index in [9.17, 15) is 18.0 Å².